The average Bonchev–Trinajstić information content (AvgIpc) is 2.72. The maximum absolute atomic E-state index is 12.6. The summed E-state index contributed by atoms with van der Waals surface area (Å²) in [6.07, 6.45) is -0.848. The second-order valence-electron chi connectivity index (χ2n) is 6.53. The number of amides is 1. The predicted octanol–water partition coefficient (Wildman–Crippen LogP) is 3.00. The molecule has 0 unspecified atom stereocenters. The molecule has 1 aliphatic rings. The lowest BCUT2D eigenvalue weighted by atomic mass is 10.2. The van der Waals surface area contributed by atoms with Crippen LogP contribution in [-0.4, -0.2) is 55.7 Å². The number of hydrogen-bond donors (Lipinski definition) is 0. The first-order valence-corrected chi connectivity index (χ1v) is 9.57. The van der Waals surface area contributed by atoms with E-state index >= 15 is 0 Å². The summed E-state index contributed by atoms with van der Waals surface area (Å²) in [5.74, 6) is -0.312. The van der Waals surface area contributed by atoms with Gasteiger partial charge in [-0.1, -0.05) is 35.9 Å². The molecule has 0 N–H and O–H groups in total. The van der Waals surface area contributed by atoms with Crippen molar-refractivity contribution >= 4 is 29.2 Å². The first kappa shape index (κ1) is 20.0. The molecule has 0 radical (unpaired) electrons. The first-order chi connectivity index (χ1) is 13.5. The van der Waals surface area contributed by atoms with Crippen LogP contribution in [0.1, 0.15) is 6.92 Å². The molecule has 1 amide bonds. The minimum atomic E-state index is -0.848. The van der Waals surface area contributed by atoms with Crippen molar-refractivity contribution in [2.45, 2.75) is 13.0 Å². The van der Waals surface area contributed by atoms with Crippen molar-refractivity contribution in [1.29, 1.82) is 0 Å². The molecule has 2 aromatic rings. The van der Waals surface area contributed by atoms with E-state index in [0.29, 0.717) is 23.9 Å². The number of anilines is 1. The van der Waals surface area contributed by atoms with E-state index in [4.69, 9.17) is 21.1 Å². The van der Waals surface area contributed by atoms with Crippen molar-refractivity contribution in [3.05, 3.63) is 59.6 Å². The van der Waals surface area contributed by atoms with Crippen LogP contribution < -0.4 is 9.64 Å². The van der Waals surface area contributed by atoms with Gasteiger partial charge < -0.3 is 19.3 Å². The number of nitrogens with zero attached hydrogens (tertiary/aromatic N) is 2. The highest BCUT2D eigenvalue weighted by Gasteiger charge is 2.27. The van der Waals surface area contributed by atoms with Crippen molar-refractivity contribution in [3.63, 3.8) is 0 Å². The Morgan fingerprint density at radius 1 is 1.04 bits per heavy atom. The predicted molar refractivity (Wildman–Crippen MR) is 108 cm³/mol. The zero-order valence-electron chi connectivity index (χ0n) is 15.7. The van der Waals surface area contributed by atoms with Gasteiger partial charge in [0.15, 0.2) is 12.7 Å². The lowest BCUT2D eigenvalue weighted by Crippen LogP contribution is -2.51. The van der Waals surface area contributed by atoms with E-state index in [9.17, 15) is 9.59 Å². The molecule has 6 nitrogen and oxygen atoms in total. The maximum Gasteiger partial charge on any atom is 0.344 e. The molecule has 1 aliphatic heterocycles. The number of para-hydroxylation sites is 1. The molecule has 1 atom stereocenters. The van der Waals surface area contributed by atoms with Crippen molar-refractivity contribution in [1.82, 2.24) is 4.90 Å². The van der Waals surface area contributed by atoms with Gasteiger partial charge in [-0.3, -0.25) is 4.79 Å². The van der Waals surface area contributed by atoms with Gasteiger partial charge in [0.1, 0.15) is 5.75 Å². The standard InChI is InChI=1S/C21H23ClN2O4/c1-16(28-20(25)15-27-19-9-5-6-17(22)14-19)21(26)24-12-10-23(11-13-24)18-7-3-2-4-8-18/h2-9,14,16H,10-13,15H2,1H3/t16-/m1/s1. The summed E-state index contributed by atoms with van der Waals surface area (Å²) in [4.78, 5) is 28.5. The van der Waals surface area contributed by atoms with Crippen LogP contribution >= 0.6 is 11.6 Å². The normalized spacial score (nSPS) is 15.1. The smallest absolute Gasteiger partial charge is 0.344 e. The van der Waals surface area contributed by atoms with Crippen molar-refractivity contribution in [3.8, 4) is 5.75 Å². The molecule has 28 heavy (non-hydrogen) atoms. The highest BCUT2D eigenvalue weighted by atomic mass is 35.5. The van der Waals surface area contributed by atoms with Gasteiger partial charge in [-0.25, -0.2) is 4.79 Å². The van der Waals surface area contributed by atoms with E-state index in [0.717, 1.165) is 18.8 Å². The lowest BCUT2D eigenvalue weighted by molar-refractivity contribution is -0.160. The minimum absolute atomic E-state index is 0.191. The fraction of sp³-hybridized carbons (Fsp3) is 0.333. The van der Waals surface area contributed by atoms with Gasteiger partial charge in [0, 0.05) is 36.9 Å². The quantitative estimate of drug-likeness (QED) is 0.695. The summed E-state index contributed by atoms with van der Waals surface area (Å²) in [6.45, 7) is 3.98. The number of carbonyl (C=O) groups is 2. The van der Waals surface area contributed by atoms with Crippen molar-refractivity contribution < 1.29 is 19.1 Å². The molecule has 3 rings (SSSR count). The summed E-state index contributed by atoms with van der Waals surface area (Å²) in [7, 11) is 0. The van der Waals surface area contributed by atoms with Crippen LogP contribution in [0.3, 0.4) is 0 Å². The number of ether oxygens (including phenoxy) is 2. The summed E-state index contributed by atoms with van der Waals surface area (Å²) >= 11 is 5.87. The molecular weight excluding hydrogens is 380 g/mol. The number of esters is 1. The van der Waals surface area contributed by atoms with E-state index in [-0.39, 0.29) is 12.5 Å². The van der Waals surface area contributed by atoms with Crippen LogP contribution in [0.15, 0.2) is 54.6 Å². The minimum Gasteiger partial charge on any atom is -0.482 e. The van der Waals surface area contributed by atoms with Crippen LogP contribution in [0.2, 0.25) is 5.02 Å². The van der Waals surface area contributed by atoms with Gasteiger partial charge in [0.25, 0.3) is 5.91 Å². The Morgan fingerprint density at radius 2 is 1.75 bits per heavy atom. The Bertz CT molecular complexity index is 807. The fourth-order valence-electron chi connectivity index (χ4n) is 3.06. The Kier molecular flexibility index (Phi) is 6.76. The van der Waals surface area contributed by atoms with E-state index < -0.39 is 12.1 Å². The zero-order valence-corrected chi connectivity index (χ0v) is 16.5. The van der Waals surface area contributed by atoms with Crippen molar-refractivity contribution in [2.75, 3.05) is 37.7 Å². The SMILES string of the molecule is C[C@@H](OC(=O)COc1cccc(Cl)c1)C(=O)N1CCN(c2ccccc2)CC1. The number of hydrogen-bond acceptors (Lipinski definition) is 5. The summed E-state index contributed by atoms with van der Waals surface area (Å²) in [5.41, 5.74) is 1.15. The number of rotatable bonds is 6. The first-order valence-electron chi connectivity index (χ1n) is 9.19. The number of halogens is 1. The third kappa shape index (κ3) is 5.39. The highest BCUT2D eigenvalue weighted by Crippen LogP contribution is 2.18. The molecule has 0 aliphatic carbocycles. The van der Waals surface area contributed by atoms with Gasteiger partial charge >= 0.3 is 5.97 Å². The fourth-order valence-corrected chi connectivity index (χ4v) is 3.24. The molecule has 0 aromatic heterocycles. The monoisotopic (exact) mass is 402 g/mol. The van der Waals surface area contributed by atoms with Gasteiger partial charge in [-0.15, -0.1) is 0 Å². The summed E-state index contributed by atoms with van der Waals surface area (Å²) in [6, 6.07) is 16.8. The van der Waals surface area contributed by atoms with Crippen LogP contribution in [0, 0.1) is 0 Å². The molecule has 148 valence electrons. The van der Waals surface area contributed by atoms with E-state index in [1.807, 2.05) is 18.2 Å². The maximum atomic E-state index is 12.6. The zero-order chi connectivity index (χ0) is 19.9. The van der Waals surface area contributed by atoms with Gasteiger partial charge in [-0.2, -0.15) is 0 Å². The second-order valence-corrected chi connectivity index (χ2v) is 6.96. The van der Waals surface area contributed by atoms with Crippen LogP contribution in [-0.2, 0) is 14.3 Å². The van der Waals surface area contributed by atoms with Crippen LogP contribution in [0.4, 0.5) is 5.69 Å². The third-order valence-electron chi connectivity index (χ3n) is 4.52. The Hall–Kier alpha value is -2.73. The van der Waals surface area contributed by atoms with Crippen molar-refractivity contribution in [2.24, 2.45) is 0 Å². The van der Waals surface area contributed by atoms with Crippen LogP contribution in [0.25, 0.3) is 0 Å². The molecule has 0 spiro atoms. The lowest BCUT2D eigenvalue weighted by Gasteiger charge is -2.37. The van der Waals surface area contributed by atoms with Gasteiger partial charge in [0.2, 0.25) is 0 Å². The molecule has 0 bridgehead atoms. The second kappa shape index (κ2) is 9.46. The molecule has 2 aromatic carbocycles. The molecule has 1 heterocycles. The Morgan fingerprint density at radius 3 is 2.43 bits per heavy atom. The summed E-state index contributed by atoms with van der Waals surface area (Å²) in [5, 5.41) is 0.518. The molecule has 1 saturated heterocycles. The molecule has 7 heteroatoms. The average molecular weight is 403 g/mol. The third-order valence-corrected chi connectivity index (χ3v) is 4.76. The number of piperazine rings is 1. The topological polar surface area (TPSA) is 59.1 Å². The molecular formula is C21H23ClN2O4. The van der Waals surface area contributed by atoms with Crippen LogP contribution in [0.5, 0.6) is 5.75 Å². The summed E-state index contributed by atoms with van der Waals surface area (Å²) < 4.78 is 10.6. The largest absolute Gasteiger partial charge is 0.482 e. The Balaban J connectivity index is 1.43. The Labute approximate surface area is 169 Å². The molecule has 0 saturated carbocycles. The molecule has 1 fully saturated rings. The number of benzene rings is 2. The van der Waals surface area contributed by atoms with E-state index in [2.05, 4.69) is 17.0 Å². The highest BCUT2D eigenvalue weighted by molar-refractivity contribution is 6.30. The van der Waals surface area contributed by atoms with Gasteiger partial charge in [-0.05, 0) is 37.3 Å². The van der Waals surface area contributed by atoms with E-state index in [1.54, 1.807) is 36.1 Å². The van der Waals surface area contributed by atoms with E-state index in [1.165, 1.54) is 0 Å². The van der Waals surface area contributed by atoms with Gasteiger partial charge in [0.05, 0.1) is 0 Å². The number of carbonyl (C=O) groups excluding carboxylic acids is 2.